The van der Waals surface area contributed by atoms with Crippen LogP contribution in [0, 0.1) is 0 Å². The molecule has 6 nitrogen and oxygen atoms in total. The van der Waals surface area contributed by atoms with Crippen LogP contribution in [0.25, 0.3) is 10.9 Å². The minimum atomic E-state index is -3.03. The van der Waals surface area contributed by atoms with Gasteiger partial charge < -0.3 is 16.0 Å². The minimum Gasteiger partial charge on any atom is -0.399 e. The first kappa shape index (κ1) is 13.9. The molecule has 1 aromatic heterocycles. The maximum absolute atomic E-state index is 12.2. The zero-order valence-electron chi connectivity index (χ0n) is 11.4. The summed E-state index contributed by atoms with van der Waals surface area (Å²) in [4.78, 5) is 15.2. The SMILES string of the molecule is Nc1ccc2[nH]c(C(=O)NC3CCCS(=O)(=O)C3)cc2c1. The number of H-pyrrole nitrogens is 1. The van der Waals surface area contributed by atoms with Gasteiger partial charge in [-0.25, -0.2) is 8.42 Å². The van der Waals surface area contributed by atoms with Crippen LogP contribution in [-0.4, -0.2) is 36.9 Å². The van der Waals surface area contributed by atoms with E-state index in [1.54, 1.807) is 18.2 Å². The van der Waals surface area contributed by atoms with E-state index in [4.69, 9.17) is 5.73 Å². The molecule has 7 heteroatoms. The number of nitrogens with two attached hydrogens (primary N) is 1. The Hall–Kier alpha value is -2.02. The Labute approximate surface area is 122 Å². The second-order valence-electron chi connectivity index (χ2n) is 5.46. The number of sulfone groups is 1. The van der Waals surface area contributed by atoms with E-state index in [1.807, 2.05) is 6.07 Å². The van der Waals surface area contributed by atoms with Crippen LogP contribution in [0.4, 0.5) is 5.69 Å². The highest BCUT2D eigenvalue weighted by Crippen LogP contribution is 2.19. The molecule has 2 heterocycles. The molecule has 0 spiro atoms. The third kappa shape index (κ3) is 3.02. The summed E-state index contributed by atoms with van der Waals surface area (Å²) in [6.07, 6.45) is 1.29. The molecule has 1 aliphatic rings. The quantitative estimate of drug-likeness (QED) is 0.721. The molecular weight excluding hydrogens is 290 g/mol. The van der Waals surface area contributed by atoms with Gasteiger partial charge in [-0.15, -0.1) is 0 Å². The van der Waals surface area contributed by atoms with Gasteiger partial charge in [0.25, 0.3) is 5.91 Å². The average Bonchev–Trinajstić information content (AvgIpc) is 2.80. The van der Waals surface area contributed by atoms with Crippen molar-refractivity contribution in [2.45, 2.75) is 18.9 Å². The maximum Gasteiger partial charge on any atom is 0.267 e. The van der Waals surface area contributed by atoms with Gasteiger partial charge in [0.05, 0.1) is 11.5 Å². The number of aromatic nitrogens is 1. The summed E-state index contributed by atoms with van der Waals surface area (Å²) in [7, 11) is -3.03. The van der Waals surface area contributed by atoms with Crippen LogP contribution in [0.2, 0.25) is 0 Å². The van der Waals surface area contributed by atoms with Gasteiger partial charge >= 0.3 is 0 Å². The number of hydrogen-bond acceptors (Lipinski definition) is 4. The molecule has 0 saturated carbocycles. The van der Waals surface area contributed by atoms with Gasteiger partial charge in [0, 0.05) is 22.6 Å². The topological polar surface area (TPSA) is 105 Å². The standard InChI is InChI=1S/C14H17N3O3S/c15-10-3-4-12-9(6-10)7-13(17-12)14(18)16-11-2-1-5-21(19,20)8-11/h3-4,6-7,11,17H,1-2,5,8,15H2,(H,16,18). The van der Waals surface area contributed by atoms with Crippen LogP contribution < -0.4 is 11.1 Å². The van der Waals surface area contributed by atoms with E-state index in [1.165, 1.54) is 0 Å². The molecular formula is C14H17N3O3S. The molecule has 1 aromatic carbocycles. The number of anilines is 1. The molecule has 1 fully saturated rings. The molecule has 1 saturated heterocycles. The molecule has 3 rings (SSSR count). The molecule has 1 atom stereocenters. The van der Waals surface area contributed by atoms with Crippen LogP contribution >= 0.6 is 0 Å². The highest BCUT2D eigenvalue weighted by atomic mass is 32.2. The number of benzene rings is 1. The number of aromatic amines is 1. The van der Waals surface area contributed by atoms with Crippen molar-refractivity contribution in [3.8, 4) is 0 Å². The van der Waals surface area contributed by atoms with E-state index in [2.05, 4.69) is 10.3 Å². The van der Waals surface area contributed by atoms with Crippen LogP contribution in [-0.2, 0) is 9.84 Å². The van der Waals surface area contributed by atoms with Crippen molar-refractivity contribution >= 4 is 32.3 Å². The first-order valence-electron chi connectivity index (χ1n) is 6.82. The molecule has 0 bridgehead atoms. The zero-order valence-corrected chi connectivity index (χ0v) is 12.2. The molecule has 4 N–H and O–H groups in total. The monoisotopic (exact) mass is 307 g/mol. The molecule has 21 heavy (non-hydrogen) atoms. The van der Waals surface area contributed by atoms with E-state index >= 15 is 0 Å². The van der Waals surface area contributed by atoms with E-state index in [9.17, 15) is 13.2 Å². The maximum atomic E-state index is 12.2. The summed E-state index contributed by atoms with van der Waals surface area (Å²) >= 11 is 0. The van der Waals surface area contributed by atoms with Crippen molar-refractivity contribution in [1.82, 2.24) is 10.3 Å². The number of nitrogen functional groups attached to an aromatic ring is 1. The Morgan fingerprint density at radius 1 is 1.33 bits per heavy atom. The summed E-state index contributed by atoms with van der Waals surface area (Å²) in [6.45, 7) is 0. The predicted octanol–water partition coefficient (Wildman–Crippen LogP) is 1.06. The second-order valence-corrected chi connectivity index (χ2v) is 7.69. The zero-order chi connectivity index (χ0) is 15.0. The number of fused-ring (bicyclic) bond motifs is 1. The molecule has 1 aliphatic heterocycles. The Bertz CT molecular complexity index is 795. The van der Waals surface area contributed by atoms with Crippen molar-refractivity contribution < 1.29 is 13.2 Å². The summed E-state index contributed by atoms with van der Waals surface area (Å²) in [5, 5.41) is 3.64. The van der Waals surface area contributed by atoms with Gasteiger partial charge in [-0.3, -0.25) is 4.79 Å². The van der Waals surface area contributed by atoms with Crippen molar-refractivity contribution in [2.24, 2.45) is 0 Å². The molecule has 1 amide bonds. The Morgan fingerprint density at radius 3 is 2.90 bits per heavy atom. The molecule has 0 aliphatic carbocycles. The largest absolute Gasteiger partial charge is 0.399 e. The van der Waals surface area contributed by atoms with Gasteiger partial charge in [-0.1, -0.05) is 0 Å². The number of carbonyl (C=O) groups is 1. The van der Waals surface area contributed by atoms with E-state index in [-0.39, 0.29) is 23.5 Å². The number of nitrogens with one attached hydrogen (secondary N) is 2. The van der Waals surface area contributed by atoms with Crippen molar-refractivity contribution in [3.63, 3.8) is 0 Å². The van der Waals surface area contributed by atoms with E-state index < -0.39 is 9.84 Å². The normalized spacial score (nSPS) is 21.2. The van der Waals surface area contributed by atoms with E-state index in [0.29, 0.717) is 24.2 Å². The highest BCUT2D eigenvalue weighted by Gasteiger charge is 2.26. The molecule has 112 valence electrons. The molecule has 1 unspecified atom stereocenters. The lowest BCUT2D eigenvalue weighted by atomic mass is 10.2. The number of hydrogen-bond donors (Lipinski definition) is 3. The lowest BCUT2D eigenvalue weighted by Gasteiger charge is -2.22. The fraction of sp³-hybridized carbons (Fsp3) is 0.357. The fourth-order valence-electron chi connectivity index (χ4n) is 2.67. The van der Waals surface area contributed by atoms with Gasteiger partial charge in [0.1, 0.15) is 5.69 Å². The summed E-state index contributed by atoms with van der Waals surface area (Å²) in [6, 6.07) is 6.76. The Balaban J connectivity index is 1.77. The van der Waals surface area contributed by atoms with E-state index in [0.717, 1.165) is 10.9 Å². The lowest BCUT2D eigenvalue weighted by molar-refractivity contribution is 0.0934. The van der Waals surface area contributed by atoms with Crippen LogP contribution in [0.3, 0.4) is 0 Å². The molecule has 0 radical (unpaired) electrons. The number of amides is 1. The van der Waals surface area contributed by atoms with Crippen molar-refractivity contribution in [1.29, 1.82) is 0 Å². The summed E-state index contributed by atoms with van der Waals surface area (Å²) in [5.74, 6) is -0.0522. The second kappa shape index (κ2) is 5.07. The third-order valence-electron chi connectivity index (χ3n) is 3.69. The highest BCUT2D eigenvalue weighted by molar-refractivity contribution is 7.91. The van der Waals surface area contributed by atoms with Gasteiger partial charge in [0.15, 0.2) is 9.84 Å². The van der Waals surface area contributed by atoms with Crippen LogP contribution in [0.1, 0.15) is 23.3 Å². The van der Waals surface area contributed by atoms with Crippen LogP contribution in [0.5, 0.6) is 0 Å². The fourth-order valence-corrected chi connectivity index (χ4v) is 4.31. The first-order chi connectivity index (χ1) is 9.93. The lowest BCUT2D eigenvalue weighted by Crippen LogP contribution is -2.43. The molecule has 2 aromatic rings. The van der Waals surface area contributed by atoms with Gasteiger partial charge in [-0.05, 0) is 37.1 Å². The minimum absolute atomic E-state index is 0.0198. The predicted molar refractivity (Wildman–Crippen MR) is 81.9 cm³/mol. The smallest absolute Gasteiger partial charge is 0.267 e. The first-order valence-corrected chi connectivity index (χ1v) is 8.65. The van der Waals surface area contributed by atoms with Crippen molar-refractivity contribution in [2.75, 3.05) is 17.2 Å². The van der Waals surface area contributed by atoms with Gasteiger partial charge in [0.2, 0.25) is 0 Å². The van der Waals surface area contributed by atoms with Crippen LogP contribution in [0.15, 0.2) is 24.3 Å². The Morgan fingerprint density at radius 2 is 2.14 bits per heavy atom. The number of rotatable bonds is 2. The number of carbonyl (C=O) groups excluding carboxylic acids is 1. The van der Waals surface area contributed by atoms with Gasteiger partial charge in [-0.2, -0.15) is 0 Å². The third-order valence-corrected chi connectivity index (χ3v) is 5.51. The Kier molecular flexibility index (Phi) is 3.36. The summed E-state index contributed by atoms with van der Waals surface area (Å²) < 4.78 is 23.2. The average molecular weight is 307 g/mol. The summed E-state index contributed by atoms with van der Waals surface area (Å²) in [5.41, 5.74) is 7.58. The van der Waals surface area contributed by atoms with Crippen molar-refractivity contribution in [3.05, 3.63) is 30.0 Å².